The molecule has 2 atom stereocenters. The van der Waals surface area contributed by atoms with Gasteiger partial charge in [0.25, 0.3) is 0 Å². The summed E-state index contributed by atoms with van der Waals surface area (Å²) >= 11 is 0. The van der Waals surface area contributed by atoms with Crippen LogP contribution in [0.4, 0.5) is 0 Å². The summed E-state index contributed by atoms with van der Waals surface area (Å²) in [6, 6.07) is 1.18. The van der Waals surface area contributed by atoms with Crippen molar-refractivity contribution in [3.8, 4) is 0 Å². The Balaban J connectivity index is 2.08. The van der Waals surface area contributed by atoms with Crippen molar-refractivity contribution in [2.45, 2.75) is 38.3 Å². The zero-order valence-electron chi connectivity index (χ0n) is 8.33. The van der Waals surface area contributed by atoms with Gasteiger partial charge in [-0.3, -0.25) is 4.68 Å². The second-order valence-electron chi connectivity index (χ2n) is 4.00. The zero-order valence-corrected chi connectivity index (χ0v) is 8.33. The summed E-state index contributed by atoms with van der Waals surface area (Å²) < 4.78 is 1.87. The summed E-state index contributed by atoms with van der Waals surface area (Å²) in [6.07, 6.45) is 7.95. The molecule has 0 bridgehead atoms. The number of piperidine rings is 1. The molecule has 1 aliphatic rings. The predicted octanol–water partition coefficient (Wildman–Crippen LogP) is 1.62. The maximum absolute atomic E-state index is 4.19. The molecular weight excluding hydrogens is 162 g/mol. The van der Waals surface area contributed by atoms with Gasteiger partial charge >= 0.3 is 0 Å². The molecule has 1 saturated heterocycles. The minimum atomic E-state index is 0.525. The lowest BCUT2D eigenvalue weighted by Gasteiger charge is -2.27. The molecule has 1 aliphatic heterocycles. The molecule has 72 valence electrons. The predicted molar refractivity (Wildman–Crippen MR) is 52.4 cm³/mol. The molecule has 13 heavy (non-hydrogen) atoms. The normalized spacial score (nSPS) is 29.1. The van der Waals surface area contributed by atoms with Gasteiger partial charge < -0.3 is 5.32 Å². The number of rotatable bonds is 1. The molecule has 1 aromatic heterocycles. The van der Waals surface area contributed by atoms with E-state index in [1.807, 2.05) is 17.9 Å². The fraction of sp³-hybridized carbons (Fsp3) is 0.700. The van der Waals surface area contributed by atoms with Gasteiger partial charge in [0.2, 0.25) is 0 Å². The fourth-order valence-corrected chi connectivity index (χ4v) is 2.02. The lowest BCUT2D eigenvalue weighted by molar-refractivity contribution is 0.341. The molecule has 0 aromatic carbocycles. The van der Waals surface area contributed by atoms with Crippen LogP contribution in [0, 0.1) is 0 Å². The quantitative estimate of drug-likeness (QED) is 0.710. The van der Waals surface area contributed by atoms with E-state index < -0.39 is 0 Å². The zero-order chi connectivity index (χ0) is 9.26. The van der Waals surface area contributed by atoms with Crippen molar-refractivity contribution in [3.05, 3.63) is 18.0 Å². The highest BCUT2D eigenvalue weighted by molar-refractivity contribution is 5.11. The smallest absolute Gasteiger partial charge is 0.0537 e. The first-order chi connectivity index (χ1) is 6.25. The molecule has 0 aliphatic carbocycles. The highest BCUT2D eigenvalue weighted by atomic mass is 15.2. The molecule has 0 spiro atoms. The number of hydrogen-bond donors (Lipinski definition) is 1. The second-order valence-corrected chi connectivity index (χ2v) is 4.00. The Labute approximate surface area is 79.1 Å². The molecule has 0 amide bonds. The number of aryl methyl sites for hydroxylation is 1. The van der Waals surface area contributed by atoms with E-state index in [2.05, 4.69) is 23.5 Å². The average molecular weight is 179 g/mol. The van der Waals surface area contributed by atoms with Crippen LogP contribution in [0.25, 0.3) is 0 Å². The van der Waals surface area contributed by atoms with Gasteiger partial charge in [-0.05, 0) is 19.8 Å². The largest absolute Gasteiger partial charge is 0.307 e. The number of nitrogens with one attached hydrogen (secondary N) is 1. The Morgan fingerprint density at radius 3 is 3.00 bits per heavy atom. The van der Waals surface area contributed by atoms with Crippen LogP contribution in [0.5, 0.6) is 0 Å². The van der Waals surface area contributed by atoms with Crippen LogP contribution in [-0.2, 0) is 7.05 Å². The first kappa shape index (κ1) is 8.75. The Kier molecular flexibility index (Phi) is 2.36. The van der Waals surface area contributed by atoms with Crippen molar-refractivity contribution >= 4 is 0 Å². The molecule has 2 rings (SSSR count). The summed E-state index contributed by atoms with van der Waals surface area (Å²) in [7, 11) is 1.97. The minimum Gasteiger partial charge on any atom is -0.307 e. The molecule has 1 aromatic rings. The first-order valence-electron chi connectivity index (χ1n) is 5.00. The Bertz CT molecular complexity index is 279. The molecule has 3 heteroatoms. The van der Waals surface area contributed by atoms with Gasteiger partial charge in [0.15, 0.2) is 0 Å². The van der Waals surface area contributed by atoms with E-state index in [9.17, 15) is 0 Å². The second kappa shape index (κ2) is 3.50. The molecule has 1 fully saturated rings. The lowest BCUT2D eigenvalue weighted by Crippen LogP contribution is -2.34. The van der Waals surface area contributed by atoms with Crippen molar-refractivity contribution in [2.75, 3.05) is 0 Å². The topological polar surface area (TPSA) is 29.9 Å². The van der Waals surface area contributed by atoms with E-state index in [0.29, 0.717) is 12.1 Å². The molecule has 2 unspecified atom stereocenters. The minimum absolute atomic E-state index is 0.525. The van der Waals surface area contributed by atoms with Crippen molar-refractivity contribution < 1.29 is 0 Å². The van der Waals surface area contributed by atoms with E-state index in [4.69, 9.17) is 0 Å². The molecule has 3 nitrogen and oxygen atoms in total. The van der Waals surface area contributed by atoms with Gasteiger partial charge in [-0.25, -0.2) is 0 Å². The monoisotopic (exact) mass is 179 g/mol. The van der Waals surface area contributed by atoms with Crippen LogP contribution in [0.15, 0.2) is 12.4 Å². The van der Waals surface area contributed by atoms with E-state index in [1.54, 1.807) is 0 Å². The van der Waals surface area contributed by atoms with Gasteiger partial charge in [0.1, 0.15) is 0 Å². The Morgan fingerprint density at radius 2 is 2.38 bits per heavy atom. The fourth-order valence-electron chi connectivity index (χ4n) is 2.02. The van der Waals surface area contributed by atoms with Gasteiger partial charge in [-0.15, -0.1) is 0 Å². The third kappa shape index (κ3) is 1.91. The maximum Gasteiger partial charge on any atom is 0.0537 e. The molecule has 0 saturated carbocycles. The summed E-state index contributed by atoms with van der Waals surface area (Å²) in [5.41, 5.74) is 1.33. The first-order valence-corrected chi connectivity index (χ1v) is 5.00. The molecule has 2 heterocycles. The van der Waals surface area contributed by atoms with Gasteiger partial charge in [-0.1, -0.05) is 6.42 Å². The van der Waals surface area contributed by atoms with E-state index in [0.717, 1.165) is 0 Å². The standard InChI is InChI=1S/C10H17N3/c1-8-4-3-5-10(12-8)9-6-11-13(2)7-9/h6-8,10,12H,3-5H2,1-2H3. The van der Waals surface area contributed by atoms with Crippen molar-refractivity contribution in [2.24, 2.45) is 7.05 Å². The van der Waals surface area contributed by atoms with Crippen LogP contribution in [0.1, 0.15) is 37.8 Å². The third-order valence-corrected chi connectivity index (χ3v) is 2.74. The Morgan fingerprint density at radius 1 is 1.54 bits per heavy atom. The van der Waals surface area contributed by atoms with Gasteiger partial charge in [-0.2, -0.15) is 5.10 Å². The van der Waals surface area contributed by atoms with Crippen LogP contribution < -0.4 is 5.32 Å². The average Bonchev–Trinajstić information content (AvgIpc) is 2.52. The van der Waals surface area contributed by atoms with E-state index in [-0.39, 0.29) is 0 Å². The van der Waals surface area contributed by atoms with Crippen LogP contribution in [0.2, 0.25) is 0 Å². The maximum atomic E-state index is 4.19. The summed E-state index contributed by atoms with van der Waals surface area (Å²) in [4.78, 5) is 0. The number of hydrogen-bond acceptors (Lipinski definition) is 2. The van der Waals surface area contributed by atoms with Gasteiger partial charge in [0, 0.05) is 30.9 Å². The third-order valence-electron chi connectivity index (χ3n) is 2.74. The van der Waals surface area contributed by atoms with Crippen LogP contribution in [0.3, 0.4) is 0 Å². The van der Waals surface area contributed by atoms with E-state index >= 15 is 0 Å². The summed E-state index contributed by atoms with van der Waals surface area (Å²) in [6.45, 7) is 2.25. The molecule has 0 radical (unpaired) electrons. The number of nitrogens with zero attached hydrogens (tertiary/aromatic N) is 2. The number of aromatic nitrogens is 2. The van der Waals surface area contributed by atoms with E-state index in [1.165, 1.54) is 24.8 Å². The highest BCUT2D eigenvalue weighted by Crippen LogP contribution is 2.24. The molecule has 1 N–H and O–H groups in total. The lowest BCUT2D eigenvalue weighted by atomic mass is 9.96. The summed E-state index contributed by atoms with van der Waals surface area (Å²) in [5, 5.41) is 7.79. The Hall–Kier alpha value is -0.830. The SMILES string of the molecule is CC1CCCC(c2cnn(C)c2)N1. The van der Waals surface area contributed by atoms with Crippen LogP contribution in [-0.4, -0.2) is 15.8 Å². The molecular formula is C10H17N3. The van der Waals surface area contributed by atoms with Crippen molar-refractivity contribution in [1.29, 1.82) is 0 Å². The summed E-state index contributed by atoms with van der Waals surface area (Å²) in [5.74, 6) is 0. The van der Waals surface area contributed by atoms with Gasteiger partial charge in [0.05, 0.1) is 6.20 Å². The highest BCUT2D eigenvalue weighted by Gasteiger charge is 2.19. The van der Waals surface area contributed by atoms with Crippen LogP contribution >= 0.6 is 0 Å². The van der Waals surface area contributed by atoms with Crippen molar-refractivity contribution in [1.82, 2.24) is 15.1 Å². The van der Waals surface area contributed by atoms with Crippen molar-refractivity contribution in [3.63, 3.8) is 0 Å².